The smallest absolute Gasteiger partial charge is 0.253 e. The Morgan fingerprint density at radius 3 is 2.50 bits per heavy atom. The lowest BCUT2D eigenvalue weighted by atomic mass is 9.85. The molecule has 4 N–H and O–H groups in total. The number of rotatable bonds is 3. The average molecular weight is 199 g/mol. The lowest BCUT2D eigenvalue weighted by Gasteiger charge is -2.25. The second-order valence-electron chi connectivity index (χ2n) is 4.30. The fraction of sp³-hybridized carbons (Fsp3) is 0.900. The lowest BCUT2D eigenvalue weighted by Crippen LogP contribution is -2.46. The van der Waals surface area contributed by atoms with E-state index >= 15 is 0 Å². The molecule has 0 bridgehead atoms. The molecule has 1 aliphatic rings. The van der Waals surface area contributed by atoms with Gasteiger partial charge < -0.3 is 5.73 Å². The highest BCUT2D eigenvalue weighted by molar-refractivity contribution is 5.80. The zero-order chi connectivity index (χ0) is 10.6. The molecule has 0 aromatic rings. The van der Waals surface area contributed by atoms with Gasteiger partial charge in [-0.05, 0) is 12.3 Å². The summed E-state index contributed by atoms with van der Waals surface area (Å²) >= 11 is 0. The van der Waals surface area contributed by atoms with Crippen LogP contribution >= 0.6 is 0 Å². The number of carbonyl (C=O) groups excluding carboxylic acids is 1. The third-order valence-corrected chi connectivity index (χ3v) is 2.98. The van der Waals surface area contributed by atoms with E-state index in [4.69, 9.17) is 11.6 Å². The van der Waals surface area contributed by atoms with Crippen molar-refractivity contribution in [2.24, 2.45) is 17.5 Å². The summed E-state index contributed by atoms with van der Waals surface area (Å²) < 4.78 is 0. The van der Waals surface area contributed by atoms with E-state index in [1.165, 1.54) is 32.1 Å². The van der Waals surface area contributed by atoms with Crippen molar-refractivity contribution in [2.45, 2.75) is 44.6 Å². The molecule has 1 aliphatic carbocycles. The zero-order valence-corrected chi connectivity index (χ0v) is 8.91. The SMILES string of the molecule is CN(N)C(=O)C(N)CC1CCCCC1. The maximum absolute atomic E-state index is 11.4. The highest BCUT2D eigenvalue weighted by atomic mass is 16.2. The van der Waals surface area contributed by atoms with Crippen LogP contribution in [0, 0.1) is 5.92 Å². The summed E-state index contributed by atoms with van der Waals surface area (Å²) in [6, 6.07) is -0.409. The Kier molecular flexibility index (Phi) is 4.35. The summed E-state index contributed by atoms with van der Waals surface area (Å²) in [7, 11) is 1.54. The van der Waals surface area contributed by atoms with E-state index in [2.05, 4.69) is 0 Å². The fourth-order valence-electron chi connectivity index (χ4n) is 2.14. The summed E-state index contributed by atoms with van der Waals surface area (Å²) in [5, 5.41) is 1.09. The number of hydrogen-bond acceptors (Lipinski definition) is 3. The maximum atomic E-state index is 11.4. The Bertz CT molecular complexity index is 188. The van der Waals surface area contributed by atoms with Crippen molar-refractivity contribution >= 4 is 5.91 Å². The van der Waals surface area contributed by atoms with Crippen LogP contribution in [0.25, 0.3) is 0 Å². The first-order valence-corrected chi connectivity index (χ1v) is 5.39. The predicted molar refractivity (Wildman–Crippen MR) is 56.1 cm³/mol. The normalized spacial score (nSPS) is 20.5. The summed E-state index contributed by atoms with van der Waals surface area (Å²) in [6.45, 7) is 0. The summed E-state index contributed by atoms with van der Waals surface area (Å²) in [5.41, 5.74) is 5.78. The number of nitrogens with zero attached hydrogens (tertiary/aromatic N) is 1. The number of likely N-dealkylation sites (N-methyl/N-ethyl adjacent to an activating group) is 1. The van der Waals surface area contributed by atoms with Crippen molar-refractivity contribution in [1.29, 1.82) is 0 Å². The fourth-order valence-corrected chi connectivity index (χ4v) is 2.14. The van der Waals surface area contributed by atoms with Crippen LogP contribution in [-0.2, 0) is 4.79 Å². The second kappa shape index (κ2) is 5.32. The van der Waals surface area contributed by atoms with Gasteiger partial charge in [-0.3, -0.25) is 9.80 Å². The van der Waals surface area contributed by atoms with Crippen molar-refractivity contribution in [3.63, 3.8) is 0 Å². The maximum Gasteiger partial charge on any atom is 0.253 e. The van der Waals surface area contributed by atoms with Gasteiger partial charge in [0.25, 0.3) is 5.91 Å². The van der Waals surface area contributed by atoms with Gasteiger partial charge in [-0.2, -0.15) is 0 Å². The predicted octanol–water partition coefficient (Wildman–Crippen LogP) is 0.616. The van der Waals surface area contributed by atoms with Gasteiger partial charge in [0.05, 0.1) is 6.04 Å². The minimum Gasteiger partial charge on any atom is -0.320 e. The molecule has 1 fully saturated rings. The first-order valence-electron chi connectivity index (χ1n) is 5.39. The van der Waals surface area contributed by atoms with Crippen LogP contribution in [0.4, 0.5) is 0 Å². The molecule has 4 nitrogen and oxygen atoms in total. The molecule has 1 rings (SSSR count). The van der Waals surface area contributed by atoms with E-state index in [0.29, 0.717) is 5.92 Å². The average Bonchev–Trinajstić information content (AvgIpc) is 2.18. The van der Waals surface area contributed by atoms with E-state index in [1.807, 2.05) is 0 Å². The molecule has 0 aromatic carbocycles. The van der Waals surface area contributed by atoms with Gasteiger partial charge in [0.2, 0.25) is 0 Å². The molecule has 0 spiro atoms. The summed E-state index contributed by atoms with van der Waals surface area (Å²) in [5.74, 6) is 5.82. The van der Waals surface area contributed by atoms with E-state index < -0.39 is 6.04 Å². The monoisotopic (exact) mass is 199 g/mol. The van der Waals surface area contributed by atoms with Gasteiger partial charge in [0, 0.05) is 7.05 Å². The number of carbonyl (C=O) groups is 1. The Balaban J connectivity index is 2.31. The lowest BCUT2D eigenvalue weighted by molar-refractivity contribution is -0.132. The Morgan fingerprint density at radius 1 is 1.43 bits per heavy atom. The number of nitrogens with two attached hydrogens (primary N) is 2. The largest absolute Gasteiger partial charge is 0.320 e. The molecule has 1 unspecified atom stereocenters. The summed E-state index contributed by atoms with van der Waals surface area (Å²) in [4.78, 5) is 11.4. The Hall–Kier alpha value is -0.610. The minimum atomic E-state index is -0.409. The molecule has 4 heteroatoms. The Morgan fingerprint density at radius 2 is 2.00 bits per heavy atom. The second-order valence-corrected chi connectivity index (χ2v) is 4.30. The molecule has 1 atom stereocenters. The summed E-state index contributed by atoms with van der Waals surface area (Å²) in [6.07, 6.45) is 7.12. The van der Waals surface area contributed by atoms with Gasteiger partial charge in [-0.1, -0.05) is 32.1 Å². The van der Waals surface area contributed by atoms with Crippen molar-refractivity contribution < 1.29 is 4.79 Å². The van der Waals surface area contributed by atoms with Crippen LogP contribution in [0.1, 0.15) is 38.5 Å². The van der Waals surface area contributed by atoms with Crippen LogP contribution in [0.15, 0.2) is 0 Å². The van der Waals surface area contributed by atoms with Gasteiger partial charge in [-0.25, -0.2) is 5.84 Å². The standard InChI is InChI=1S/C10H21N3O/c1-13(12)10(14)9(11)7-8-5-3-2-4-6-8/h8-9H,2-7,11-12H2,1H3. The minimum absolute atomic E-state index is 0.157. The molecule has 82 valence electrons. The van der Waals surface area contributed by atoms with Crippen LogP contribution in [-0.4, -0.2) is 24.0 Å². The van der Waals surface area contributed by atoms with Gasteiger partial charge >= 0.3 is 0 Å². The molecule has 1 amide bonds. The van der Waals surface area contributed by atoms with Gasteiger partial charge in [0.1, 0.15) is 0 Å². The van der Waals surface area contributed by atoms with E-state index in [0.717, 1.165) is 11.4 Å². The molecule has 14 heavy (non-hydrogen) atoms. The molecule has 0 radical (unpaired) electrons. The van der Waals surface area contributed by atoms with Crippen LogP contribution in [0.3, 0.4) is 0 Å². The third-order valence-electron chi connectivity index (χ3n) is 2.98. The highest BCUT2D eigenvalue weighted by Gasteiger charge is 2.22. The molecule has 0 heterocycles. The van der Waals surface area contributed by atoms with Crippen molar-refractivity contribution in [3.8, 4) is 0 Å². The van der Waals surface area contributed by atoms with Crippen molar-refractivity contribution in [3.05, 3.63) is 0 Å². The Labute approximate surface area is 85.6 Å². The quantitative estimate of drug-likeness (QED) is 0.397. The van der Waals surface area contributed by atoms with E-state index in [-0.39, 0.29) is 5.91 Å². The van der Waals surface area contributed by atoms with E-state index in [1.54, 1.807) is 7.05 Å². The van der Waals surface area contributed by atoms with Gasteiger partial charge in [0.15, 0.2) is 0 Å². The molecule has 0 saturated heterocycles. The molecule has 1 saturated carbocycles. The van der Waals surface area contributed by atoms with Crippen LogP contribution < -0.4 is 11.6 Å². The molecular formula is C10H21N3O. The number of hydrazine groups is 1. The van der Waals surface area contributed by atoms with Crippen LogP contribution in [0.5, 0.6) is 0 Å². The molecule has 0 aromatic heterocycles. The van der Waals surface area contributed by atoms with Crippen molar-refractivity contribution in [1.82, 2.24) is 5.01 Å². The molecule has 0 aliphatic heterocycles. The first kappa shape index (κ1) is 11.5. The molecular weight excluding hydrogens is 178 g/mol. The third kappa shape index (κ3) is 3.27. The van der Waals surface area contributed by atoms with E-state index in [9.17, 15) is 4.79 Å². The number of amides is 1. The van der Waals surface area contributed by atoms with Gasteiger partial charge in [-0.15, -0.1) is 0 Å². The zero-order valence-electron chi connectivity index (χ0n) is 8.91. The highest BCUT2D eigenvalue weighted by Crippen LogP contribution is 2.27. The van der Waals surface area contributed by atoms with Crippen molar-refractivity contribution in [2.75, 3.05) is 7.05 Å². The number of hydrogen-bond donors (Lipinski definition) is 2. The first-order chi connectivity index (χ1) is 6.61. The van der Waals surface area contributed by atoms with Crippen LogP contribution in [0.2, 0.25) is 0 Å². The topological polar surface area (TPSA) is 72.3 Å².